The molecule has 0 saturated heterocycles. The summed E-state index contributed by atoms with van der Waals surface area (Å²) in [5.74, 6) is -0.916. The van der Waals surface area contributed by atoms with Crippen LogP contribution in [0.15, 0.2) is 66.8 Å². The minimum Gasteiger partial charge on any atom is -0.492 e. The molecule has 312 valence electrons. The highest BCUT2D eigenvalue weighted by Gasteiger charge is 2.38. The van der Waals surface area contributed by atoms with E-state index in [1.54, 1.807) is 6.07 Å². The summed E-state index contributed by atoms with van der Waals surface area (Å²) in [4.78, 5) is 37.9. The Kier molecular flexibility index (Phi) is 19.4. The molecule has 3 rings (SSSR count). The zero-order chi connectivity index (χ0) is 42.7. The van der Waals surface area contributed by atoms with Gasteiger partial charge in [0.15, 0.2) is 0 Å². The minimum atomic E-state index is -1.41. The molecular formula is C48H61FN2O7. The summed E-state index contributed by atoms with van der Waals surface area (Å²) in [5, 5.41) is 18.8. The standard InChI is InChI=1S/C48H61FN2O7/c1-8-9-10-15-36-18-20-37(21-19-36)38-22-23-42(43(49)28-38)41-26-39(16-11-13-24-50)44(40(27-41)17-12-14-25-51)55-29-48(30-56-45(52)33(2)3,31-57-46(53)34(4)5)32-58-47(54)35(6)7/h22-23,26-28,36-37H,2,4,6,8-21,29-32H2,1,3,5,7H3. The van der Waals surface area contributed by atoms with E-state index in [2.05, 4.69) is 38.8 Å². The van der Waals surface area contributed by atoms with Crippen LogP contribution in [0, 0.1) is 39.8 Å². The predicted molar refractivity (Wildman–Crippen MR) is 223 cm³/mol. The van der Waals surface area contributed by atoms with Gasteiger partial charge in [-0.2, -0.15) is 10.5 Å². The zero-order valence-electron chi connectivity index (χ0n) is 35.0. The maximum Gasteiger partial charge on any atom is 0.333 e. The van der Waals surface area contributed by atoms with Crippen LogP contribution in [0.3, 0.4) is 0 Å². The van der Waals surface area contributed by atoms with Crippen LogP contribution in [0.1, 0.15) is 127 Å². The average molecular weight is 797 g/mol. The Bertz CT molecular complexity index is 1750. The number of nitrogens with zero attached hydrogens (tertiary/aromatic N) is 2. The van der Waals surface area contributed by atoms with Crippen molar-refractivity contribution in [2.75, 3.05) is 26.4 Å². The second kappa shape index (κ2) is 23.9. The van der Waals surface area contributed by atoms with E-state index < -0.39 is 23.3 Å². The van der Waals surface area contributed by atoms with Gasteiger partial charge in [0.25, 0.3) is 0 Å². The highest BCUT2D eigenvalue weighted by molar-refractivity contribution is 5.88. The number of halogens is 1. The second-order valence-corrected chi connectivity index (χ2v) is 16.0. The van der Waals surface area contributed by atoms with E-state index in [1.807, 2.05) is 24.3 Å². The Balaban J connectivity index is 2.07. The number of hydrogen-bond acceptors (Lipinski definition) is 9. The highest BCUT2D eigenvalue weighted by Crippen LogP contribution is 2.40. The third kappa shape index (κ3) is 14.6. The van der Waals surface area contributed by atoms with Crippen LogP contribution in [0.2, 0.25) is 0 Å². The molecule has 0 aliphatic heterocycles. The lowest BCUT2D eigenvalue weighted by Gasteiger charge is -2.33. The molecule has 0 aromatic heterocycles. The molecule has 0 bridgehead atoms. The van der Waals surface area contributed by atoms with E-state index in [-0.39, 0.29) is 61.8 Å². The lowest BCUT2D eigenvalue weighted by atomic mass is 9.77. The van der Waals surface area contributed by atoms with Crippen molar-refractivity contribution in [2.24, 2.45) is 11.3 Å². The van der Waals surface area contributed by atoms with Crippen LogP contribution >= 0.6 is 0 Å². The number of esters is 3. The normalized spacial score (nSPS) is 15.0. The van der Waals surface area contributed by atoms with Gasteiger partial charge in [0.2, 0.25) is 0 Å². The minimum absolute atomic E-state index is 0.133. The van der Waals surface area contributed by atoms with Crippen LogP contribution in [-0.2, 0) is 41.4 Å². The van der Waals surface area contributed by atoms with Crippen LogP contribution < -0.4 is 4.74 Å². The van der Waals surface area contributed by atoms with E-state index in [9.17, 15) is 24.9 Å². The maximum atomic E-state index is 16.2. The summed E-state index contributed by atoms with van der Waals surface area (Å²) in [6, 6.07) is 13.7. The molecule has 1 fully saturated rings. The number of rotatable bonds is 24. The van der Waals surface area contributed by atoms with Gasteiger partial charge in [0.05, 0.1) is 12.1 Å². The summed E-state index contributed by atoms with van der Waals surface area (Å²) in [6.45, 7) is 16.2. The molecule has 1 saturated carbocycles. The molecule has 0 unspecified atom stereocenters. The first kappa shape index (κ1) is 47.2. The van der Waals surface area contributed by atoms with Crippen LogP contribution in [0.25, 0.3) is 11.1 Å². The van der Waals surface area contributed by atoms with Crippen LogP contribution in [0.4, 0.5) is 4.39 Å². The number of aryl methyl sites for hydroxylation is 2. The summed E-state index contributed by atoms with van der Waals surface area (Å²) in [5.41, 5.74) is 2.48. The van der Waals surface area contributed by atoms with Gasteiger partial charge in [0.1, 0.15) is 43.4 Å². The van der Waals surface area contributed by atoms with E-state index in [1.165, 1.54) is 59.3 Å². The number of nitriles is 2. The Morgan fingerprint density at radius 1 is 0.741 bits per heavy atom. The number of carbonyl (C=O) groups is 3. The lowest BCUT2D eigenvalue weighted by molar-refractivity contribution is -0.159. The first-order chi connectivity index (χ1) is 27.7. The van der Waals surface area contributed by atoms with Gasteiger partial charge >= 0.3 is 17.9 Å². The van der Waals surface area contributed by atoms with Gasteiger partial charge in [-0.1, -0.05) is 64.5 Å². The fourth-order valence-corrected chi connectivity index (χ4v) is 7.17. The van der Waals surface area contributed by atoms with Crippen molar-refractivity contribution in [3.05, 3.63) is 89.3 Å². The monoisotopic (exact) mass is 796 g/mol. The largest absolute Gasteiger partial charge is 0.492 e. The highest BCUT2D eigenvalue weighted by atomic mass is 19.1. The smallest absolute Gasteiger partial charge is 0.333 e. The molecule has 1 aliphatic rings. The fraction of sp³-hybridized carbons (Fsp3) is 0.521. The van der Waals surface area contributed by atoms with Crippen molar-refractivity contribution in [3.8, 4) is 29.0 Å². The Hall–Kier alpha value is -5.22. The van der Waals surface area contributed by atoms with Crippen molar-refractivity contribution < 1.29 is 37.7 Å². The molecule has 1 aliphatic carbocycles. The Morgan fingerprint density at radius 2 is 1.24 bits per heavy atom. The van der Waals surface area contributed by atoms with Gasteiger partial charge in [-0.25, -0.2) is 18.8 Å². The molecule has 0 heterocycles. The summed E-state index contributed by atoms with van der Waals surface area (Å²) in [7, 11) is 0. The van der Waals surface area contributed by atoms with E-state index in [0.717, 1.165) is 24.3 Å². The van der Waals surface area contributed by atoms with Gasteiger partial charge in [-0.3, -0.25) is 0 Å². The zero-order valence-corrected chi connectivity index (χ0v) is 35.0. The van der Waals surface area contributed by atoms with Crippen molar-refractivity contribution in [1.82, 2.24) is 0 Å². The predicted octanol–water partition coefficient (Wildman–Crippen LogP) is 10.8. The number of ether oxygens (including phenoxy) is 4. The van der Waals surface area contributed by atoms with Crippen molar-refractivity contribution in [3.63, 3.8) is 0 Å². The molecule has 0 spiro atoms. The molecule has 9 nitrogen and oxygen atoms in total. The average Bonchev–Trinajstić information content (AvgIpc) is 3.20. The topological polar surface area (TPSA) is 136 Å². The van der Waals surface area contributed by atoms with Crippen LogP contribution in [0.5, 0.6) is 5.75 Å². The molecule has 0 radical (unpaired) electrons. The first-order valence-electron chi connectivity index (χ1n) is 20.5. The molecular weight excluding hydrogens is 736 g/mol. The van der Waals surface area contributed by atoms with Gasteiger partial charge in [0, 0.05) is 35.1 Å². The van der Waals surface area contributed by atoms with Gasteiger partial charge < -0.3 is 18.9 Å². The van der Waals surface area contributed by atoms with Crippen molar-refractivity contribution >= 4 is 17.9 Å². The maximum absolute atomic E-state index is 16.2. The van der Waals surface area contributed by atoms with Crippen LogP contribution in [-0.4, -0.2) is 44.3 Å². The fourth-order valence-electron chi connectivity index (χ4n) is 7.17. The van der Waals surface area contributed by atoms with E-state index in [4.69, 9.17) is 18.9 Å². The number of hydrogen-bond donors (Lipinski definition) is 0. The number of carbonyl (C=O) groups excluding carboxylic acids is 3. The molecule has 0 N–H and O–H groups in total. The second-order valence-electron chi connectivity index (χ2n) is 16.0. The first-order valence-corrected chi connectivity index (χ1v) is 20.5. The summed E-state index contributed by atoms with van der Waals surface area (Å²) >= 11 is 0. The molecule has 2 aromatic rings. The number of unbranched alkanes of at least 4 members (excludes halogenated alkanes) is 4. The summed E-state index contributed by atoms with van der Waals surface area (Å²) < 4.78 is 39.6. The quantitative estimate of drug-likeness (QED) is 0.0440. The third-order valence-corrected chi connectivity index (χ3v) is 10.6. The third-order valence-electron chi connectivity index (χ3n) is 10.6. The molecule has 2 aromatic carbocycles. The summed E-state index contributed by atoms with van der Waals surface area (Å²) in [6.07, 6.45) is 11.8. The van der Waals surface area contributed by atoms with Gasteiger partial charge in [-0.05, 0) is 124 Å². The SMILES string of the molecule is C=C(C)C(=O)OCC(COC(=O)C(=C)C)(COC(=O)C(=C)C)COc1c(CCCC#N)cc(-c2ccc(C3CCC(CCCCC)CC3)cc2F)cc1CCCC#N. The Morgan fingerprint density at radius 3 is 1.67 bits per heavy atom. The molecule has 58 heavy (non-hydrogen) atoms. The van der Waals surface area contributed by atoms with Crippen molar-refractivity contribution in [2.45, 2.75) is 124 Å². The van der Waals surface area contributed by atoms with E-state index >= 15 is 4.39 Å². The molecule has 0 atom stereocenters. The number of benzene rings is 2. The Labute approximate surface area is 344 Å². The van der Waals surface area contributed by atoms with Crippen molar-refractivity contribution in [1.29, 1.82) is 10.5 Å². The molecule has 0 amide bonds. The lowest BCUT2D eigenvalue weighted by Crippen LogP contribution is -2.44. The van der Waals surface area contributed by atoms with E-state index in [0.29, 0.717) is 59.6 Å². The van der Waals surface area contributed by atoms with Gasteiger partial charge in [-0.15, -0.1) is 0 Å². The molecule has 10 heteroatoms.